The van der Waals surface area contributed by atoms with Gasteiger partial charge in [0.15, 0.2) is 5.82 Å². The van der Waals surface area contributed by atoms with Crippen LogP contribution in [0.3, 0.4) is 0 Å². The first-order valence-corrected chi connectivity index (χ1v) is 16.3. The average molecular weight is 643 g/mol. The van der Waals surface area contributed by atoms with E-state index in [1.807, 2.05) is 42.7 Å². The van der Waals surface area contributed by atoms with Crippen molar-refractivity contribution in [3.63, 3.8) is 0 Å². The summed E-state index contributed by atoms with van der Waals surface area (Å²) in [5.41, 5.74) is 10.1. The summed E-state index contributed by atoms with van der Waals surface area (Å²) in [7, 11) is 0. The minimum Gasteiger partial charge on any atom is -0.378 e. The predicted molar refractivity (Wildman–Crippen MR) is 177 cm³/mol. The molecule has 46 heavy (non-hydrogen) atoms. The maximum Gasteiger partial charge on any atom is 0.228 e. The topological polar surface area (TPSA) is 152 Å². The SMILES string of the molecule is NCC1CCC(C(=O)C[C@@H](Cc2cccc(-c3cnc(N4CCOCC4)nc3)c2)C(=O)Nc2ccc(-c3n[nH]c(Cl)n3)cc2)CC1. The van der Waals surface area contributed by atoms with Crippen LogP contribution in [0.4, 0.5) is 11.6 Å². The lowest BCUT2D eigenvalue weighted by Gasteiger charge is -2.28. The summed E-state index contributed by atoms with van der Waals surface area (Å²) in [6.07, 6.45) is 7.84. The summed E-state index contributed by atoms with van der Waals surface area (Å²) < 4.78 is 5.44. The van der Waals surface area contributed by atoms with E-state index in [4.69, 9.17) is 22.1 Å². The standard InChI is InChI=1S/C34H39ClN8O3/c35-33-40-31(41-42-33)25-8-10-29(11-9-25)39-32(45)27(18-30(44)24-6-4-22(19-36)5-7-24)17-23-2-1-3-26(16-23)28-20-37-34(38-21-28)43-12-14-46-15-13-43/h1-3,8-11,16,20-22,24,27H,4-7,12-15,17-19,36H2,(H,39,45)(H,40,41,42)/t22?,24?,27-/m1/s1. The summed E-state index contributed by atoms with van der Waals surface area (Å²) in [5.74, 6) is 1.03. The maximum atomic E-state index is 13.8. The average Bonchev–Trinajstić information content (AvgIpc) is 3.55. The molecule has 1 aliphatic heterocycles. The molecule has 1 aliphatic carbocycles. The molecule has 4 N–H and O–H groups in total. The van der Waals surface area contributed by atoms with Crippen molar-refractivity contribution in [1.29, 1.82) is 0 Å². The molecule has 1 saturated carbocycles. The number of morpholine rings is 1. The molecule has 11 nitrogen and oxygen atoms in total. The van der Waals surface area contributed by atoms with E-state index in [2.05, 4.69) is 41.4 Å². The second-order valence-electron chi connectivity index (χ2n) is 12.1. The first-order valence-electron chi connectivity index (χ1n) is 15.9. The van der Waals surface area contributed by atoms with Gasteiger partial charge in [-0.3, -0.25) is 9.59 Å². The van der Waals surface area contributed by atoms with Crippen molar-refractivity contribution in [2.24, 2.45) is 23.5 Å². The van der Waals surface area contributed by atoms with Gasteiger partial charge in [0, 0.05) is 60.6 Å². The number of aromatic amines is 1. The van der Waals surface area contributed by atoms with Gasteiger partial charge in [-0.25, -0.2) is 15.1 Å². The summed E-state index contributed by atoms with van der Waals surface area (Å²) >= 11 is 5.87. The van der Waals surface area contributed by atoms with E-state index >= 15 is 0 Å². The molecular formula is C34H39ClN8O3. The molecule has 12 heteroatoms. The number of halogens is 1. The molecule has 0 bridgehead atoms. The number of benzene rings is 2. The highest BCUT2D eigenvalue weighted by atomic mass is 35.5. The molecule has 2 aromatic heterocycles. The molecule has 1 amide bonds. The normalized spacial score (nSPS) is 19.0. The van der Waals surface area contributed by atoms with Crippen LogP contribution in [0.15, 0.2) is 60.9 Å². The van der Waals surface area contributed by atoms with E-state index in [9.17, 15) is 9.59 Å². The molecule has 0 radical (unpaired) electrons. The first-order chi connectivity index (χ1) is 22.4. The van der Waals surface area contributed by atoms with Crippen molar-refractivity contribution in [2.75, 3.05) is 43.1 Å². The highest BCUT2D eigenvalue weighted by Gasteiger charge is 2.30. The van der Waals surface area contributed by atoms with Crippen molar-refractivity contribution in [3.05, 3.63) is 71.8 Å². The van der Waals surface area contributed by atoms with Gasteiger partial charge in [0.2, 0.25) is 17.1 Å². The smallest absolute Gasteiger partial charge is 0.228 e. The number of carbonyl (C=O) groups excluding carboxylic acids is 2. The number of Topliss-reactive ketones (excluding diaryl/α,β-unsaturated/α-hetero) is 1. The van der Waals surface area contributed by atoms with Gasteiger partial charge in [0.05, 0.1) is 13.2 Å². The quantitative estimate of drug-likeness (QED) is 0.206. The number of nitrogens with two attached hydrogens (primary N) is 1. The summed E-state index contributed by atoms with van der Waals surface area (Å²) in [4.78, 5) is 42.8. The van der Waals surface area contributed by atoms with Gasteiger partial charge in [0.25, 0.3) is 0 Å². The molecule has 3 heterocycles. The summed E-state index contributed by atoms with van der Waals surface area (Å²) in [5, 5.41) is 9.94. The highest BCUT2D eigenvalue weighted by molar-refractivity contribution is 6.28. The van der Waals surface area contributed by atoms with E-state index in [0.29, 0.717) is 49.6 Å². The fraction of sp³-hybridized carbons (Fsp3) is 0.412. The number of carbonyl (C=O) groups is 2. The summed E-state index contributed by atoms with van der Waals surface area (Å²) in [6, 6.07) is 15.3. The Labute approximate surface area is 273 Å². The van der Waals surface area contributed by atoms with Crippen LogP contribution < -0.4 is 16.0 Å². The number of amides is 1. The zero-order valence-electron chi connectivity index (χ0n) is 25.7. The summed E-state index contributed by atoms with van der Waals surface area (Å²) in [6.45, 7) is 3.54. The van der Waals surface area contributed by atoms with Crippen LogP contribution in [0.1, 0.15) is 37.7 Å². The fourth-order valence-corrected chi connectivity index (χ4v) is 6.39. The Hall–Kier alpha value is -4.19. The molecule has 2 aliphatic rings. The molecular weight excluding hydrogens is 604 g/mol. The number of nitrogens with one attached hydrogen (secondary N) is 2. The Morgan fingerprint density at radius 3 is 2.41 bits per heavy atom. The van der Waals surface area contributed by atoms with E-state index in [0.717, 1.165) is 61.0 Å². The van der Waals surface area contributed by atoms with E-state index in [1.165, 1.54) is 0 Å². The van der Waals surface area contributed by atoms with Crippen LogP contribution in [-0.4, -0.2) is 69.7 Å². The third-order valence-electron chi connectivity index (χ3n) is 9.00. The molecule has 0 unspecified atom stereocenters. The Balaban J connectivity index is 1.17. The molecule has 4 aromatic rings. The number of ether oxygens (including phenoxy) is 1. The molecule has 2 fully saturated rings. The fourth-order valence-electron chi connectivity index (χ4n) is 6.26. The van der Waals surface area contributed by atoms with Crippen LogP contribution in [0.5, 0.6) is 0 Å². The maximum absolute atomic E-state index is 13.8. The minimum atomic E-state index is -0.540. The Morgan fingerprint density at radius 1 is 1.00 bits per heavy atom. The number of hydrogen-bond donors (Lipinski definition) is 3. The van der Waals surface area contributed by atoms with Gasteiger partial charge >= 0.3 is 0 Å². The van der Waals surface area contributed by atoms with Gasteiger partial charge < -0.3 is 20.7 Å². The second-order valence-corrected chi connectivity index (χ2v) is 12.5. The van der Waals surface area contributed by atoms with Crippen molar-refractivity contribution in [2.45, 2.75) is 38.5 Å². The largest absolute Gasteiger partial charge is 0.378 e. The first kappa shape index (κ1) is 31.8. The van der Waals surface area contributed by atoms with Gasteiger partial charge in [-0.2, -0.15) is 10.1 Å². The van der Waals surface area contributed by atoms with Crippen molar-refractivity contribution in [3.8, 4) is 22.5 Å². The number of rotatable bonds is 11. The lowest BCUT2D eigenvalue weighted by molar-refractivity contribution is -0.129. The second kappa shape index (κ2) is 14.9. The van der Waals surface area contributed by atoms with Gasteiger partial charge in [-0.1, -0.05) is 24.3 Å². The Kier molecular flexibility index (Phi) is 10.3. The van der Waals surface area contributed by atoms with Crippen LogP contribution in [0.25, 0.3) is 22.5 Å². The number of ketones is 1. The number of H-pyrrole nitrogens is 1. The molecule has 1 atom stereocenters. The van der Waals surface area contributed by atoms with Crippen LogP contribution in [0, 0.1) is 17.8 Å². The van der Waals surface area contributed by atoms with Gasteiger partial charge in [0.1, 0.15) is 5.78 Å². The Morgan fingerprint density at radius 2 is 1.74 bits per heavy atom. The number of nitrogens with zero attached hydrogens (tertiary/aromatic N) is 5. The van der Waals surface area contributed by atoms with Crippen molar-refractivity contribution in [1.82, 2.24) is 25.1 Å². The third kappa shape index (κ3) is 7.96. The monoisotopic (exact) mass is 642 g/mol. The number of aromatic nitrogens is 5. The van der Waals surface area contributed by atoms with E-state index in [1.54, 1.807) is 12.1 Å². The lowest BCUT2D eigenvalue weighted by atomic mass is 9.77. The van der Waals surface area contributed by atoms with Gasteiger partial charge in [-0.15, -0.1) is 0 Å². The molecule has 240 valence electrons. The van der Waals surface area contributed by atoms with Crippen molar-refractivity contribution < 1.29 is 14.3 Å². The van der Waals surface area contributed by atoms with Crippen LogP contribution in [0.2, 0.25) is 5.28 Å². The molecule has 6 rings (SSSR count). The lowest BCUT2D eigenvalue weighted by Crippen LogP contribution is -2.37. The Bertz CT molecular complexity index is 1610. The van der Waals surface area contributed by atoms with E-state index in [-0.39, 0.29) is 29.3 Å². The van der Waals surface area contributed by atoms with Crippen molar-refractivity contribution >= 4 is 34.9 Å². The number of anilines is 2. The predicted octanol–water partition coefficient (Wildman–Crippen LogP) is 4.94. The van der Waals surface area contributed by atoms with Gasteiger partial charge in [-0.05, 0) is 91.6 Å². The number of hydrogen-bond acceptors (Lipinski definition) is 9. The van der Waals surface area contributed by atoms with E-state index < -0.39 is 5.92 Å². The molecule has 0 spiro atoms. The highest BCUT2D eigenvalue weighted by Crippen LogP contribution is 2.31. The molecule has 2 aromatic carbocycles. The van der Waals surface area contributed by atoms with Crippen LogP contribution >= 0.6 is 11.6 Å². The zero-order chi connectivity index (χ0) is 31.9. The third-order valence-corrected chi connectivity index (χ3v) is 9.17. The van der Waals surface area contributed by atoms with Crippen LogP contribution in [-0.2, 0) is 20.7 Å². The zero-order valence-corrected chi connectivity index (χ0v) is 26.5. The molecule has 1 saturated heterocycles. The minimum absolute atomic E-state index is 0.0287.